The lowest BCUT2D eigenvalue weighted by Crippen LogP contribution is -2.20. The number of rotatable bonds is 7. The molecule has 3 aromatic rings. The highest BCUT2D eigenvalue weighted by molar-refractivity contribution is 7.16. The average molecular weight is 436 g/mol. The molecular weight excluding hydrogens is 410 g/mol. The lowest BCUT2D eigenvalue weighted by molar-refractivity contribution is -0.147. The summed E-state index contributed by atoms with van der Waals surface area (Å²) in [6.07, 6.45) is 8.83. The number of aromatic amines is 1. The molecule has 1 amide bonds. The maximum absolute atomic E-state index is 12.3. The van der Waals surface area contributed by atoms with Crippen LogP contribution in [0.4, 0.5) is 5.00 Å². The summed E-state index contributed by atoms with van der Waals surface area (Å²) in [6.45, 7) is -0.334. The largest absolute Gasteiger partial charge is 0.456 e. The quantitative estimate of drug-likeness (QED) is 0.409. The number of carbonyl (C=O) groups excluding carboxylic acids is 2. The first-order valence-electron chi connectivity index (χ1n) is 10.7. The van der Waals surface area contributed by atoms with Crippen LogP contribution in [-0.4, -0.2) is 23.5 Å². The maximum atomic E-state index is 12.3. The van der Waals surface area contributed by atoms with Crippen LogP contribution in [0.1, 0.15) is 53.7 Å². The van der Waals surface area contributed by atoms with Crippen LogP contribution >= 0.6 is 11.3 Å². The number of esters is 1. The minimum Gasteiger partial charge on any atom is -0.456 e. The van der Waals surface area contributed by atoms with Crippen molar-refractivity contribution < 1.29 is 14.3 Å². The van der Waals surface area contributed by atoms with Gasteiger partial charge in [0.05, 0.1) is 5.56 Å². The molecule has 1 aromatic carbocycles. The normalized spacial score (nSPS) is 13.3. The zero-order valence-electron chi connectivity index (χ0n) is 17.3. The van der Waals surface area contributed by atoms with Gasteiger partial charge in [0.1, 0.15) is 11.1 Å². The Morgan fingerprint density at radius 2 is 2.03 bits per heavy atom. The van der Waals surface area contributed by atoms with Gasteiger partial charge in [0.25, 0.3) is 5.91 Å². The Kier molecular flexibility index (Phi) is 6.68. The smallest absolute Gasteiger partial charge is 0.306 e. The number of hydrogen-bond acceptors (Lipinski definition) is 5. The number of thiophene rings is 1. The number of nitriles is 1. The summed E-state index contributed by atoms with van der Waals surface area (Å²) >= 11 is 1.48. The molecule has 0 radical (unpaired) electrons. The van der Waals surface area contributed by atoms with Crippen LogP contribution in [0.15, 0.2) is 30.5 Å². The Hall–Kier alpha value is -3.11. The molecule has 0 bridgehead atoms. The van der Waals surface area contributed by atoms with Gasteiger partial charge in [0, 0.05) is 28.4 Å². The number of para-hydroxylation sites is 1. The van der Waals surface area contributed by atoms with Gasteiger partial charge in [0.15, 0.2) is 6.61 Å². The van der Waals surface area contributed by atoms with Crippen molar-refractivity contribution >= 4 is 39.1 Å². The minimum absolute atomic E-state index is 0.254. The van der Waals surface area contributed by atoms with Crippen molar-refractivity contribution in [3.63, 3.8) is 0 Å². The predicted octanol–water partition coefficient (Wildman–Crippen LogP) is 4.87. The van der Waals surface area contributed by atoms with E-state index in [0.717, 1.165) is 48.6 Å². The van der Waals surface area contributed by atoms with E-state index in [1.165, 1.54) is 28.2 Å². The number of carbonyl (C=O) groups is 2. The topological polar surface area (TPSA) is 95.0 Å². The van der Waals surface area contributed by atoms with Gasteiger partial charge in [-0.05, 0) is 55.7 Å². The Morgan fingerprint density at radius 3 is 2.90 bits per heavy atom. The fourth-order valence-corrected chi connectivity index (χ4v) is 5.35. The monoisotopic (exact) mass is 435 g/mol. The van der Waals surface area contributed by atoms with Crippen LogP contribution in [0.2, 0.25) is 0 Å². The third-order valence-electron chi connectivity index (χ3n) is 5.65. The van der Waals surface area contributed by atoms with Crippen molar-refractivity contribution in [2.24, 2.45) is 0 Å². The molecule has 160 valence electrons. The number of fused-ring (bicyclic) bond motifs is 2. The van der Waals surface area contributed by atoms with E-state index < -0.39 is 11.9 Å². The third kappa shape index (κ3) is 4.97. The highest BCUT2D eigenvalue weighted by Crippen LogP contribution is 2.36. The molecule has 2 heterocycles. The number of anilines is 1. The number of hydrogen-bond donors (Lipinski definition) is 2. The number of benzene rings is 1. The van der Waals surface area contributed by atoms with Crippen molar-refractivity contribution in [3.05, 3.63) is 52.0 Å². The van der Waals surface area contributed by atoms with Crippen molar-refractivity contribution in [1.82, 2.24) is 4.98 Å². The minimum atomic E-state index is -0.405. The van der Waals surface area contributed by atoms with Gasteiger partial charge in [-0.2, -0.15) is 5.26 Å². The summed E-state index contributed by atoms with van der Waals surface area (Å²) in [5.74, 6) is -0.796. The summed E-state index contributed by atoms with van der Waals surface area (Å²) in [5.41, 5.74) is 3.90. The van der Waals surface area contributed by atoms with Gasteiger partial charge >= 0.3 is 5.97 Å². The Labute approximate surface area is 185 Å². The van der Waals surface area contributed by atoms with E-state index in [1.54, 1.807) is 0 Å². The Bertz CT molecular complexity index is 1140. The van der Waals surface area contributed by atoms with Crippen LogP contribution in [0.25, 0.3) is 10.9 Å². The second kappa shape index (κ2) is 9.80. The van der Waals surface area contributed by atoms with E-state index in [1.807, 2.05) is 24.4 Å². The fraction of sp³-hybridized carbons (Fsp3) is 0.375. The van der Waals surface area contributed by atoms with E-state index in [0.29, 0.717) is 17.0 Å². The van der Waals surface area contributed by atoms with Crippen molar-refractivity contribution in [1.29, 1.82) is 5.26 Å². The summed E-state index contributed by atoms with van der Waals surface area (Å²) in [4.78, 5) is 28.8. The van der Waals surface area contributed by atoms with Crippen molar-refractivity contribution in [2.75, 3.05) is 11.9 Å². The molecule has 0 fully saturated rings. The van der Waals surface area contributed by atoms with E-state index in [2.05, 4.69) is 22.4 Å². The van der Waals surface area contributed by atoms with E-state index >= 15 is 0 Å². The number of nitrogens with zero attached hydrogens (tertiary/aromatic N) is 1. The first kappa shape index (κ1) is 21.1. The predicted molar refractivity (Wildman–Crippen MR) is 121 cm³/mol. The average Bonchev–Trinajstić information content (AvgIpc) is 3.24. The summed E-state index contributed by atoms with van der Waals surface area (Å²) in [5, 5.41) is 14.1. The van der Waals surface area contributed by atoms with Gasteiger partial charge in [-0.1, -0.05) is 24.6 Å². The number of ether oxygens (including phenoxy) is 1. The third-order valence-corrected chi connectivity index (χ3v) is 6.86. The summed E-state index contributed by atoms with van der Waals surface area (Å²) in [6, 6.07) is 10.3. The first-order valence-corrected chi connectivity index (χ1v) is 11.5. The standard InChI is InChI=1S/C24H25N3O3S/c25-13-19-18-9-2-1-3-11-21(18)31-24(19)27-22(28)15-30-23(29)12-6-7-16-14-26-20-10-5-4-8-17(16)20/h4-5,8,10,14,26H,1-3,6-7,9,11-12,15H2,(H,27,28). The van der Waals surface area contributed by atoms with E-state index in [9.17, 15) is 14.9 Å². The fourth-order valence-electron chi connectivity index (χ4n) is 4.09. The van der Waals surface area contributed by atoms with Gasteiger partial charge in [-0.3, -0.25) is 9.59 Å². The number of nitrogens with one attached hydrogen (secondary N) is 2. The molecule has 0 spiro atoms. The van der Waals surface area contributed by atoms with Crippen LogP contribution in [0.3, 0.4) is 0 Å². The van der Waals surface area contributed by atoms with Crippen LogP contribution in [0.5, 0.6) is 0 Å². The molecule has 4 rings (SSSR count). The molecular formula is C24H25N3O3S. The highest BCUT2D eigenvalue weighted by atomic mass is 32.1. The summed E-state index contributed by atoms with van der Waals surface area (Å²) in [7, 11) is 0. The zero-order valence-corrected chi connectivity index (χ0v) is 18.1. The number of H-pyrrole nitrogens is 1. The molecule has 0 unspecified atom stereocenters. The number of aromatic nitrogens is 1. The molecule has 0 atom stereocenters. The highest BCUT2D eigenvalue weighted by Gasteiger charge is 2.21. The molecule has 2 N–H and O–H groups in total. The molecule has 2 aromatic heterocycles. The zero-order chi connectivity index (χ0) is 21.6. The lowest BCUT2D eigenvalue weighted by atomic mass is 10.1. The van der Waals surface area contributed by atoms with Crippen LogP contribution < -0.4 is 5.32 Å². The molecule has 0 saturated carbocycles. The first-order chi connectivity index (χ1) is 15.2. The second-order valence-corrected chi connectivity index (χ2v) is 8.91. The number of amides is 1. The van der Waals surface area contributed by atoms with E-state index in [-0.39, 0.29) is 13.0 Å². The maximum Gasteiger partial charge on any atom is 0.306 e. The van der Waals surface area contributed by atoms with Gasteiger partial charge < -0.3 is 15.0 Å². The second-order valence-electron chi connectivity index (χ2n) is 7.80. The lowest BCUT2D eigenvalue weighted by Gasteiger charge is -2.06. The molecule has 31 heavy (non-hydrogen) atoms. The molecule has 7 heteroatoms. The Balaban J connectivity index is 1.24. The molecule has 0 aliphatic heterocycles. The van der Waals surface area contributed by atoms with Crippen molar-refractivity contribution in [3.8, 4) is 6.07 Å². The van der Waals surface area contributed by atoms with Crippen molar-refractivity contribution in [2.45, 2.75) is 51.4 Å². The van der Waals surface area contributed by atoms with Gasteiger partial charge in [0.2, 0.25) is 0 Å². The molecule has 1 aliphatic carbocycles. The summed E-state index contributed by atoms with van der Waals surface area (Å²) < 4.78 is 5.14. The Morgan fingerprint density at radius 1 is 1.19 bits per heavy atom. The van der Waals surface area contributed by atoms with Gasteiger partial charge in [-0.25, -0.2) is 0 Å². The number of aryl methyl sites for hydroxylation is 2. The van der Waals surface area contributed by atoms with E-state index in [4.69, 9.17) is 4.74 Å². The van der Waals surface area contributed by atoms with Crippen LogP contribution in [-0.2, 0) is 33.6 Å². The SMILES string of the molecule is N#Cc1c(NC(=O)COC(=O)CCCc2c[nH]c3ccccc23)sc2c1CCCCC2. The molecule has 0 saturated heterocycles. The van der Waals surface area contributed by atoms with Gasteiger partial charge in [-0.15, -0.1) is 11.3 Å². The van der Waals surface area contributed by atoms with Crippen LogP contribution in [0, 0.1) is 11.3 Å². The molecule has 6 nitrogen and oxygen atoms in total. The molecule has 1 aliphatic rings.